The summed E-state index contributed by atoms with van der Waals surface area (Å²) in [5, 5.41) is 21.5. The van der Waals surface area contributed by atoms with Crippen molar-refractivity contribution in [3.05, 3.63) is 35.1 Å². The van der Waals surface area contributed by atoms with Crippen LogP contribution in [0.5, 0.6) is 0 Å². The number of rotatable bonds is 3. The summed E-state index contributed by atoms with van der Waals surface area (Å²) in [7, 11) is 0. The lowest BCUT2D eigenvalue weighted by atomic mass is 9.93. The molecule has 1 aliphatic rings. The average molecular weight is 248 g/mol. The third kappa shape index (κ3) is 3.28. The van der Waals surface area contributed by atoms with E-state index < -0.39 is 5.82 Å². The highest BCUT2D eigenvalue weighted by Crippen LogP contribution is 2.19. The van der Waals surface area contributed by atoms with E-state index in [1.807, 2.05) is 6.07 Å². The molecule has 0 amide bonds. The quantitative estimate of drug-likeness (QED) is 0.861. The van der Waals surface area contributed by atoms with Gasteiger partial charge in [-0.2, -0.15) is 5.26 Å². The zero-order valence-electron chi connectivity index (χ0n) is 10.2. The van der Waals surface area contributed by atoms with Gasteiger partial charge in [-0.3, -0.25) is 0 Å². The van der Waals surface area contributed by atoms with E-state index in [1.165, 1.54) is 6.07 Å². The first kappa shape index (κ1) is 13.0. The fraction of sp³-hybridized carbons (Fsp3) is 0.500. The summed E-state index contributed by atoms with van der Waals surface area (Å²) in [5.41, 5.74) is 1.01. The van der Waals surface area contributed by atoms with Crippen molar-refractivity contribution in [1.29, 1.82) is 5.26 Å². The van der Waals surface area contributed by atoms with Gasteiger partial charge in [-0.25, -0.2) is 4.39 Å². The van der Waals surface area contributed by atoms with Crippen molar-refractivity contribution in [3.8, 4) is 6.07 Å². The van der Waals surface area contributed by atoms with E-state index in [4.69, 9.17) is 5.26 Å². The molecule has 0 spiro atoms. The maximum absolute atomic E-state index is 13.1. The second kappa shape index (κ2) is 5.94. The molecule has 0 unspecified atom stereocenters. The van der Waals surface area contributed by atoms with Gasteiger partial charge in [0.15, 0.2) is 0 Å². The van der Waals surface area contributed by atoms with Gasteiger partial charge in [-0.05, 0) is 43.4 Å². The van der Waals surface area contributed by atoms with E-state index in [0.717, 1.165) is 31.2 Å². The zero-order valence-corrected chi connectivity index (χ0v) is 10.2. The standard InChI is InChI=1S/C14H17FN2O/c15-14-6-1-10(7-11(14)8-16)9-17-12-2-4-13(18)5-3-12/h1,6-7,12-13,17-18H,2-5,9H2. The molecule has 0 aliphatic heterocycles. The number of halogens is 1. The largest absolute Gasteiger partial charge is 0.393 e. The Bertz CT molecular complexity index is 448. The fourth-order valence-corrected chi connectivity index (χ4v) is 2.31. The summed E-state index contributed by atoms with van der Waals surface area (Å²) < 4.78 is 13.1. The molecule has 0 aromatic heterocycles. The molecule has 0 bridgehead atoms. The normalized spacial score (nSPS) is 23.6. The van der Waals surface area contributed by atoms with Crippen molar-refractivity contribution < 1.29 is 9.50 Å². The molecule has 1 aliphatic carbocycles. The average Bonchev–Trinajstić information content (AvgIpc) is 2.39. The number of hydrogen-bond acceptors (Lipinski definition) is 3. The van der Waals surface area contributed by atoms with Gasteiger partial charge in [0.25, 0.3) is 0 Å². The molecule has 18 heavy (non-hydrogen) atoms. The van der Waals surface area contributed by atoms with Crippen LogP contribution in [0.1, 0.15) is 36.8 Å². The van der Waals surface area contributed by atoms with Crippen LogP contribution in [0.3, 0.4) is 0 Å². The van der Waals surface area contributed by atoms with Crippen LogP contribution in [0.4, 0.5) is 4.39 Å². The Kier molecular flexibility index (Phi) is 4.29. The van der Waals surface area contributed by atoms with Gasteiger partial charge in [0, 0.05) is 12.6 Å². The lowest BCUT2D eigenvalue weighted by molar-refractivity contribution is 0.116. The molecule has 0 radical (unpaired) electrons. The molecular formula is C14H17FN2O. The summed E-state index contributed by atoms with van der Waals surface area (Å²) >= 11 is 0. The Labute approximate surface area is 106 Å². The smallest absolute Gasteiger partial charge is 0.140 e. The molecule has 0 heterocycles. The van der Waals surface area contributed by atoms with E-state index in [0.29, 0.717) is 12.6 Å². The third-order valence-corrected chi connectivity index (χ3v) is 3.44. The molecule has 0 saturated heterocycles. The van der Waals surface area contributed by atoms with Crippen molar-refractivity contribution in [2.24, 2.45) is 0 Å². The summed E-state index contributed by atoms with van der Waals surface area (Å²) in [6, 6.07) is 6.86. The molecule has 2 rings (SSSR count). The fourth-order valence-electron chi connectivity index (χ4n) is 2.31. The van der Waals surface area contributed by atoms with Gasteiger partial charge in [-0.15, -0.1) is 0 Å². The first-order valence-corrected chi connectivity index (χ1v) is 6.29. The SMILES string of the molecule is N#Cc1cc(CNC2CCC(O)CC2)ccc1F. The Morgan fingerprint density at radius 1 is 1.33 bits per heavy atom. The maximum atomic E-state index is 13.1. The second-order valence-corrected chi connectivity index (χ2v) is 4.81. The second-order valence-electron chi connectivity index (χ2n) is 4.81. The minimum atomic E-state index is -0.470. The molecule has 1 aromatic carbocycles. The van der Waals surface area contributed by atoms with E-state index in [-0.39, 0.29) is 11.7 Å². The highest BCUT2D eigenvalue weighted by molar-refractivity contribution is 5.34. The number of hydrogen-bond donors (Lipinski definition) is 2. The van der Waals surface area contributed by atoms with Gasteiger partial charge in [0.05, 0.1) is 11.7 Å². The van der Waals surface area contributed by atoms with E-state index in [2.05, 4.69) is 5.32 Å². The van der Waals surface area contributed by atoms with Crippen LogP contribution in [-0.4, -0.2) is 17.3 Å². The summed E-state index contributed by atoms with van der Waals surface area (Å²) in [6.45, 7) is 0.635. The Morgan fingerprint density at radius 3 is 2.72 bits per heavy atom. The van der Waals surface area contributed by atoms with Gasteiger partial charge in [0.1, 0.15) is 11.9 Å². The van der Waals surface area contributed by atoms with Crippen LogP contribution >= 0.6 is 0 Å². The number of benzene rings is 1. The minimum absolute atomic E-state index is 0.0911. The predicted molar refractivity (Wildman–Crippen MR) is 66.2 cm³/mol. The molecule has 0 atom stereocenters. The van der Waals surface area contributed by atoms with Crippen LogP contribution in [-0.2, 0) is 6.54 Å². The van der Waals surface area contributed by atoms with Gasteiger partial charge in [0.2, 0.25) is 0 Å². The summed E-state index contributed by atoms with van der Waals surface area (Å²) in [4.78, 5) is 0. The van der Waals surface area contributed by atoms with Crippen LogP contribution in [0, 0.1) is 17.1 Å². The van der Waals surface area contributed by atoms with Crippen molar-refractivity contribution in [2.45, 2.75) is 44.4 Å². The first-order chi connectivity index (χ1) is 8.69. The number of nitrogens with one attached hydrogen (secondary N) is 1. The number of nitriles is 1. The molecule has 2 N–H and O–H groups in total. The van der Waals surface area contributed by atoms with Gasteiger partial charge >= 0.3 is 0 Å². The number of aliphatic hydroxyl groups is 1. The van der Waals surface area contributed by atoms with Crippen molar-refractivity contribution >= 4 is 0 Å². The molecule has 1 aromatic rings. The maximum Gasteiger partial charge on any atom is 0.140 e. The lowest BCUT2D eigenvalue weighted by Crippen LogP contribution is -2.34. The summed E-state index contributed by atoms with van der Waals surface area (Å²) in [5.74, 6) is -0.470. The van der Waals surface area contributed by atoms with Crippen LogP contribution in [0.15, 0.2) is 18.2 Å². The highest BCUT2D eigenvalue weighted by atomic mass is 19.1. The highest BCUT2D eigenvalue weighted by Gasteiger charge is 2.18. The molecule has 96 valence electrons. The van der Waals surface area contributed by atoms with Crippen molar-refractivity contribution in [2.75, 3.05) is 0 Å². The third-order valence-electron chi connectivity index (χ3n) is 3.44. The molecule has 1 saturated carbocycles. The minimum Gasteiger partial charge on any atom is -0.393 e. The predicted octanol–water partition coefficient (Wildman–Crippen LogP) is 2.09. The monoisotopic (exact) mass is 248 g/mol. The molecule has 3 nitrogen and oxygen atoms in total. The van der Waals surface area contributed by atoms with Crippen molar-refractivity contribution in [1.82, 2.24) is 5.32 Å². The van der Waals surface area contributed by atoms with Gasteiger partial charge < -0.3 is 10.4 Å². The Morgan fingerprint density at radius 2 is 2.06 bits per heavy atom. The molecular weight excluding hydrogens is 231 g/mol. The number of aliphatic hydroxyl groups excluding tert-OH is 1. The first-order valence-electron chi connectivity index (χ1n) is 6.29. The molecule has 1 fully saturated rings. The van der Waals surface area contributed by atoms with E-state index >= 15 is 0 Å². The van der Waals surface area contributed by atoms with Crippen molar-refractivity contribution in [3.63, 3.8) is 0 Å². The van der Waals surface area contributed by atoms with E-state index in [1.54, 1.807) is 12.1 Å². The molecule has 4 heteroatoms. The topological polar surface area (TPSA) is 56.0 Å². The van der Waals surface area contributed by atoms with Gasteiger partial charge in [-0.1, -0.05) is 6.07 Å². The zero-order chi connectivity index (χ0) is 13.0. The Balaban J connectivity index is 1.89. The van der Waals surface area contributed by atoms with Crippen LogP contribution in [0.2, 0.25) is 0 Å². The lowest BCUT2D eigenvalue weighted by Gasteiger charge is -2.26. The van der Waals surface area contributed by atoms with Crippen LogP contribution < -0.4 is 5.32 Å². The Hall–Kier alpha value is -1.44. The van der Waals surface area contributed by atoms with Crippen LogP contribution in [0.25, 0.3) is 0 Å². The summed E-state index contributed by atoms with van der Waals surface area (Å²) in [6.07, 6.45) is 3.45. The van der Waals surface area contributed by atoms with E-state index in [9.17, 15) is 9.50 Å². The number of nitrogens with zero attached hydrogens (tertiary/aromatic N) is 1.